The minimum atomic E-state index is 0.0766. The second kappa shape index (κ2) is 6.93. The maximum absolute atomic E-state index is 12.4. The van der Waals surface area contributed by atoms with Crippen LogP contribution in [0, 0.1) is 11.3 Å². The van der Waals surface area contributed by atoms with Crippen molar-refractivity contribution in [2.24, 2.45) is 0 Å². The van der Waals surface area contributed by atoms with Crippen molar-refractivity contribution in [1.29, 1.82) is 5.26 Å². The Labute approximate surface area is 135 Å². The number of pyridine rings is 1. The summed E-state index contributed by atoms with van der Waals surface area (Å²) in [6, 6.07) is 12.4. The number of likely N-dealkylation sites (tertiary alicyclic amines) is 1. The summed E-state index contributed by atoms with van der Waals surface area (Å²) < 4.78 is 5.61. The molecule has 0 radical (unpaired) electrons. The van der Waals surface area contributed by atoms with Gasteiger partial charge in [-0.05, 0) is 49.6 Å². The van der Waals surface area contributed by atoms with Gasteiger partial charge in [0, 0.05) is 30.9 Å². The van der Waals surface area contributed by atoms with Crippen LogP contribution in [0.15, 0.2) is 42.6 Å². The average Bonchev–Trinajstić information content (AvgIpc) is 2.63. The first kappa shape index (κ1) is 15.0. The third kappa shape index (κ3) is 3.67. The van der Waals surface area contributed by atoms with E-state index in [1.54, 1.807) is 36.4 Å². The van der Waals surface area contributed by atoms with Crippen molar-refractivity contribution in [3.05, 3.63) is 53.7 Å². The van der Waals surface area contributed by atoms with Gasteiger partial charge >= 0.3 is 0 Å². The van der Waals surface area contributed by atoms with E-state index in [0.717, 1.165) is 25.9 Å². The van der Waals surface area contributed by atoms with Crippen LogP contribution < -0.4 is 4.74 Å². The number of carbonyl (C=O) groups is 1. The maximum Gasteiger partial charge on any atom is 0.253 e. The standard InChI is InChI=1S/C18H17N3O2/c19-12-14-4-9-17(20-13-14)23-16-7-5-15(6-8-16)18(22)21-10-2-1-3-11-21/h4-9,13H,1-3,10-11H2. The smallest absolute Gasteiger partial charge is 0.253 e. The Balaban J connectivity index is 1.66. The van der Waals surface area contributed by atoms with Gasteiger partial charge in [0.05, 0.1) is 5.56 Å². The fourth-order valence-electron chi connectivity index (χ4n) is 2.57. The maximum atomic E-state index is 12.4. The van der Waals surface area contributed by atoms with Gasteiger partial charge in [-0.25, -0.2) is 4.98 Å². The van der Waals surface area contributed by atoms with Gasteiger partial charge in [-0.2, -0.15) is 5.26 Å². The number of hydrogen-bond acceptors (Lipinski definition) is 4. The number of ether oxygens (including phenoxy) is 1. The van der Waals surface area contributed by atoms with Gasteiger partial charge in [0.15, 0.2) is 0 Å². The van der Waals surface area contributed by atoms with Crippen LogP contribution in [0.3, 0.4) is 0 Å². The SMILES string of the molecule is N#Cc1ccc(Oc2ccc(C(=O)N3CCCCC3)cc2)nc1. The molecular weight excluding hydrogens is 290 g/mol. The number of aromatic nitrogens is 1. The summed E-state index contributed by atoms with van der Waals surface area (Å²) in [6.45, 7) is 1.68. The lowest BCUT2D eigenvalue weighted by atomic mass is 10.1. The Morgan fingerprint density at radius 1 is 1.09 bits per heavy atom. The second-order valence-electron chi connectivity index (χ2n) is 5.48. The quantitative estimate of drug-likeness (QED) is 0.872. The van der Waals surface area contributed by atoms with Crippen LogP contribution in [0.1, 0.15) is 35.2 Å². The number of nitrogens with zero attached hydrogens (tertiary/aromatic N) is 3. The molecule has 2 aromatic rings. The number of nitriles is 1. The van der Waals surface area contributed by atoms with E-state index in [9.17, 15) is 4.79 Å². The first-order valence-electron chi connectivity index (χ1n) is 7.69. The Kier molecular flexibility index (Phi) is 4.53. The molecule has 0 atom stereocenters. The number of piperidine rings is 1. The summed E-state index contributed by atoms with van der Waals surface area (Å²) in [5.41, 5.74) is 1.16. The Morgan fingerprint density at radius 2 is 1.83 bits per heavy atom. The fraction of sp³-hybridized carbons (Fsp3) is 0.278. The fourth-order valence-corrected chi connectivity index (χ4v) is 2.57. The van der Waals surface area contributed by atoms with Crippen molar-refractivity contribution in [1.82, 2.24) is 9.88 Å². The third-order valence-electron chi connectivity index (χ3n) is 3.83. The van der Waals surface area contributed by atoms with Crippen LogP contribution in [-0.4, -0.2) is 28.9 Å². The number of rotatable bonds is 3. The highest BCUT2D eigenvalue weighted by Gasteiger charge is 2.17. The monoisotopic (exact) mass is 307 g/mol. The molecule has 1 fully saturated rings. The van der Waals surface area contributed by atoms with Gasteiger partial charge in [0.1, 0.15) is 11.8 Å². The first-order valence-corrected chi connectivity index (χ1v) is 7.69. The Morgan fingerprint density at radius 3 is 2.43 bits per heavy atom. The zero-order chi connectivity index (χ0) is 16.1. The van der Waals surface area contributed by atoms with Gasteiger partial charge in [-0.3, -0.25) is 4.79 Å². The molecule has 0 unspecified atom stereocenters. The molecule has 0 bridgehead atoms. The predicted molar refractivity (Wildman–Crippen MR) is 85.2 cm³/mol. The molecular formula is C18H17N3O2. The summed E-state index contributed by atoms with van der Waals surface area (Å²) in [5, 5.41) is 8.74. The van der Waals surface area contributed by atoms with Crippen molar-refractivity contribution in [2.45, 2.75) is 19.3 Å². The predicted octanol–water partition coefficient (Wildman–Crippen LogP) is 3.37. The topological polar surface area (TPSA) is 66.2 Å². The van der Waals surface area contributed by atoms with Crippen LogP contribution in [0.2, 0.25) is 0 Å². The molecule has 0 spiro atoms. The van der Waals surface area contributed by atoms with E-state index >= 15 is 0 Å². The van der Waals surface area contributed by atoms with Gasteiger partial charge in [0.2, 0.25) is 5.88 Å². The number of hydrogen-bond donors (Lipinski definition) is 0. The van der Waals surface area contributed by atoms with Gasteiger partial charge in [-0.1, -0.05) is 0 Å². The lowest BCUT2D eigenvalue weighted by Gasteiger charge is -2.26. The number of benzene rings is 1. The highest BCUT2D eigenvalue weighted by atomic mass is 16.5. The summed E-state index contributed by atoms with van der Waals surface area (Å²) in [7, 11) is 0. The van der Waals surface area contributed by atoms with E-state index in [1.165, 1.54) is 12.6 Å². The van der Waals surface area contributed by atoms with Crippen molar-refractivity contribution in [3.63, 3.8) is 0 Å². The Bertz CT molecular complexity index is 711. The average molecular weight is 307 g/mol. The van der Waals surface area contributed by atoms with E-state index in [2.05, 4.69) is 4.98 Å². The van der Waals surface area contributed by atoms with Crippen molar-refractivity contribution in [2.75, 3.05) is 13.1 Å². The van der Waals surface area contributed by atoms with E-state index in [1.807, 2.05) is 11.0 Å². The molecule has 2 heterocycles. The van der Waals surface area contributed by atoms with Gasteiger partial charge in [-0.15, -0.1) is 0 Å². The van der Waals surface area contributed by atoms with E-state index in [4.69, 9.17) is 10.00 Å². The minimum Gasteiger partial charge on any atom is -0.439 e. The molecule has 1 aliphatic rings. The molecule has 0 N–H and O–H groups in total. The molecule has 1 aliphatic heterocycles. The van der Waals surface area contributed by atoms with Crippen molar-refractivity contribution in [3.8, 4) is 17.7 Å². The molecule has 23 heavy (non-hydrogen) atoms. The molecule has 3 rings (SSSR count). The molecule has 0 saturated carbocycles. The van der Waals surface area contributed by atoms with E-state index in [0.29, 0.717) is 22.8 Å². The summed E-state index contributed by atoms with van der Waals surface area (Å²) >= 11 is 0. The molecule has 1 aromatic carbocycles. The van der Waals surface area contributed by atoms with Crippen LogP contribution in [-0.2, 0) is 0 Å². The zero-order valence-electron chi connectivity index (χ0n) is 12.7. The Hall–Kier alpha value is -2.87. The summed E-state index contributed by atoms with van der Waals surface area (Å²) in [4.78, 5) is 18.3. The van der Waals surface area contributed by atoms with E-state index < -0.39 is 0 Å². The largest absolute Gasteiger partial charge is 0.439 e. The summed E-state index contributed by atoms with van der Waals surface area (Å²) in [6.07, 6.45) is 4.83. The molecule has 1 aromatic heterocycles. The van der Waals surface area contributed by atoms with Gasteiger partial charge < -0.3 is 9.64 Å². The molecule has 5 nitrogen and oxygen atoms in total. The molecule has 116 valence electrons. The molecule has 1 amide bonds. The minimum absolute atomic E-state index is 0.0766. The second-order valence-corrected chi connectivity index (χ2v) is 5.48. The zero-order valence-corrected chi connectivity index (χ0v) is 12.7. The van der Waals surface area contributed by atoms with Crippen LogP contribution in [0.25, 0.3) is 0 Å². The molecule has 1 saturated heterocycles. The molecule has 0 aliphatic carbocycles. The number of carbonyl (C=O) groups excluding carboxylic acids is 1. The van der Waals surface area contributed by atoms with Crippen LogP contribution in [0.4, 0.5) is 0 Å². The van der Waals surface area contributed by atoms with Crippen molar-refractivity contribution < 1.29 is 9.53 Å². The number of amides is 1. The summed E-state index contributed by atoms with van der Waals surface area (Å²) in [5.74, 6) is 1.10. The highest BCUT2D eigenvalue weighted by Crippen LogP contribution is 2.21. The normalized spacial score (nSPS) is 14.1. The third-order valence-corrected chi connectivity index (χ3v) is 3.83. The van der Waals surface area contributed by atoms with Gasteiger partial charge in [0.25, 0.3) is 5.91 Å². The molecule has 5 heteroatoms. The van der Waals surface area contributed by atoms with Crippen molar-refractivity contribution >= 4 is 5.91 Å². The first-order chi connectivity index (χ1) is 11.3. The van der Waals surface area contributed by atoms with E-state index in [-0.39, 0.29) is 5.91 Å². The lowest BCUT2D eigenvalue weighted by molar-refractivity contribution is 0.0724. The highest BCUT2D eigenvalue weighted by molar-refractivity contribution is 5.94. The van der Waals surface area contributed by atoms with Crippen LogP contribution >= 0.6 is 0 Å². The van der Waals surface area contributed by atoms with Crippen LogP contribution in [0.5, 0.6) is 11.6 Å². The lowest BCUT2D eigenvalue weighted by Crippen LogP contribution is -2.35.